The summed E-state index contributed by atoms with van der Waals surface area (Å²) in [6.07, 6.45) is 0.388. The van der Waals surface area contributed by atoms with Crippen LogP contribution in [-0.2, 0) is 17.3 Å². The van der Waals surface area contributed by atoms with Crippen molar-refractivity contribution in [3.63, 3.8) is 0 Å². The van der Waals surface area contributed by atoms with Gasteiger partial charge in [-0.2, -0.15) is 10.5 Å². The molecule has 1 N–H and O–H groups in total. The highest BCUT2D eigenvalue weighted by atomic mass is 16.3. The van der Waals surface area contributed by atoms with Crippen LogP contribution in [0.15, 0.2) is 12.1 Å². The topological polar surface area (TPSA) is 67.8 Å². The number of phenolic OH excluding ortho intramolecular Hbond substituents is 1. The van der Waals surface area contributed by atoms with Gasteiger partial charge in [0.1, 0.15) is 11.7 Å². The smallest absolute Gasteiger partial charge is 0.137 e. The molecule has 3 heteroatoms. The zero-order chi connectivity index (χ0) is 16.4. The van der Waals surface area contributed by atoms with Gasteiger partial charge in [-0.1, -0.05) is 53.7 Å². The normalized spacial score (nSPS) is 12.0. The minimum atomic E-state index is -0.657. The molecule has 0 saturated heterocycles. The van der Waals surface area contributed by atoms with Crippen molar-refractivity contribution in [2.24, 2.45) is 5.92 Å². The van der Waals surface area contributed by atoms with E-state index in [1.54, 1.807) is 0 Å². The van der Waals surface area contributed by atoms with Crippen molar-refractivity contribution in [2.75, 3.05) is 0 Å². The van der Waals surface area contributed by atoms with Crippen LogP contribution in [0.25, 0.3) is 0 Å². The van der Waals surface area contributed by atoms with Crippen molar-refractivity contribution in [1.29, 1.82) is 10.5 Å². The van der Waals surface area contributed by atoms with E-state index in [9.17, 15) is 5.11 Å². The molecule has 1 aromatic rings. The standard InChI is InChI=1S/C18H24N2O/c1-17(2,3)14-8-12(7-13(10-19)11-20)9-15(16(14)21)18(4,5)6/h8-9,13,21H,7H2,1-6H3. The third-order valence-electron chi connectivity index (χ3n) is 3.54. The van der Waals surface area contributed by atoms with Gasteiger partial charge < -0.3 is 5.11 Å². The lowest BCUT2D eigenvalue weighted by molar-refractivity contribution is 0.422. The summed E-state index contributed by atoms with van der Waals surface area (Å²) in [5, 5.41) is 28.6. The largest absolute Gasteiger partial charge is 0.507 e. The Labute approximate surface area is 127 Å². The van der Waals surface area contributed by atoms with E-state index in [0.29, 0.717) is 12.2 Å². The molecule has 0 bridgehead atoms. The lowest BCUT2D eigenvalue weighted by Crippen LogP contribution is -2.18. The van der Waals surface area contributed by atoms with Crippen molar-refractivity contribution >= 4 is 0 Å². The number of hydrogen-bond donors (Lipinski definition) is 1. The third kappa shape index (κ3) is 3.99. The fourth-order valence-electron chi connectivity index (χ4n) is 2.31. The molecule has 0 radical (unpaired) electrons. The first-order valence-corrected chi connectivity index (χ1v) is 7.16. The van der Waals surface area contributed by atoms with Crippen LogP contribution in [0.3, 0.4) is 0 Å². The zero-order valence-corrected chi connectivity index (χ0v) is 13.8. The second-order valence-electron chi connectivity index (χ2n) is 7.55. The molecule has 3 nitrogen and oxygen atoms in total. The van der Waals surface area contributed by atoms with E-state index < -0.39 is 5.92 Å². The first kappa shape index (κ1) is 17.1. The molecular formula is C18H24N2O. The molecule has 0 spiro atoms. The molecule has 112 valence electrons. The van der Waals surface area contributed by atoms with Gasteiger partial charge in [0.15, 0.2) is 0 Å². The molecule has 0 aliphatic carbocycles. The lowest BCUT2D eigenvalue weighted by atomic mass is 9.77. The summed E-state index contributed by atoms with van der Waals surface area (Å²) in [4.78, 5) is 0. The van der Waals surface area contributed by atoms with Gasteiger partial charge in [0, 0.05) is 6.42 Å². The summed E-state index contributed by atoms with van der Waals surface area (Å²) < 4.78 is 0. The van der Waals surface area contributed by atoms with Crippen LogP contribution >= 0.6 is 0 Å². The maximum atomic E-state index is 10.6. The summed E-state index contributed by atoms with van der Waals surface area (Å²) in [7, 11) is 0. The first-order chi connectivity index (χ1) is 9.50. The number of rotatable bonds is 2. The highest BCUT2D eigenvalue weighted by Gasteiger charge is 2.26. The monoisotopic (exact) mass is 284 g/mol. The molecule has 0 saturated carbocycles. The summed E-state index contributed by atoms with van der Waals surface area (Å²) in [6.45, 7) is 12.3. The lowest BCUT2D eigenvalue weighted by Gasteiger charge is -2.28. The van der Waals surface area contributed by atoms with Crippen LogP contribution in [0.4, 0.5) is 0 Å². The average Bonchev–Trinajstić information content (AvgIpc) is 2.34. The molecular weight excluding hydrogens is 260 g/mol. The number of benzene rings is 1. The van der Waals surface area contributed by atoms with Crippen molar-refractivity contribution in [2.45, 2.75) is 58.8 Å². The van der Waals surface area contributed by atoms with Crippen molar-refractivity contribution < 1.29 is 5.11 Å². The number of phenols is 1. The molecule has 0 aliphatic heterocycles. The highest BCUT2D eigenvalue weighted by Crippen LogP contribution is 2.40. The quantitative estimate of drug-likeness (QED) is 0.885. The number of aromatic hydroxyl groups is 1. The van der Waals surface area contributed by atoms with E-state index in [-0.39, 0.29) is 10.8 Å². The Morgan fingerprint density at radius 1 is 0.952 bits per heavy atom. The predicted octanol–water partition coefficient (Wildman–Crippen LogP) is 4.19. The summed E-state index contributed by atoms with van der Waals surface area (Å²) >= 11 is 0. The third-order valence-corrected chi connectivity index (χ3v) is 3.54. The summed E-state index contributed by atoms with van der Waals surface area (Å²) in [5.74, 6) is -0.334. The second kappa shape index (κ2) is 5.78. The van der Waals surface area contributed by atoms with Gasteiger partial charge in [-0.25, -0.2) is 0 Å². The molecule has 21 heavy (non-hydrogen) atoms. The van der Waals surface area contributed by atoms with Gasteiger partial charge in [0.25, 0.3) is 0 Å². The van der Waals surface area contributed by atoms with Crippen molar-refractivity contribution in [3.8, 4) is 17.9 Å². The average molecular weight is 284 g/mol. The number of hydrogen-bond acceptors (Lipinski definition) is 3. The van der Waals surface area contributed by atoms with Crippen LogP contribution in [0.5, 0.6) is 5.75 Å². The Hall–Kier alpha value is -2.00. The Morgan fingerprint density at radius 3 is 1.62 bits per heavy atom. The SMILES string of the molecule is CC(C)(C)c1cc(CC(C#N)C#N)cc(C(C)(C)C)c1O. The van der Waals surface area contributed by atoms with Crippen molar-refractivity contribution in [1.82, 2.24) is 0 Å². The second-order valence-corrected chi connectivity index (χ2v) is 7.55. The summed E-state index contributed by atoms with van der Waals surface area (Å²) in [6, 6.07) is 7.86. The molecule has 0 aliphatic rings. The van der Waals surface area contributed by atoms with E-state index in [2.05, 4.69) is 0 Å². The minimum absolute atomic E-state index is 0.200. The summed E-state index contributed by atoms with van der Waals surface area (Å²) in [5.41, 5.74) is 2.25. The Balaban J connectivity index is 3.49. The number of nitrogens with zero attached hydrogens (tertiary/aromatic N) is 2. The molecule has 0 amide bonds. The zero-order valence-electron chi connectivity index (χ0n) is 13.8. The fourth-order valence-corrected chi connectivity index (χ4v) is 2.31. The highest BCUT2D eigenvalue weighted by molar-refractivity contribution is 5.50. The Morgan fingerprint density at radius 2 is 1.33 bits per heavy atom. The van der Waals surface area contributed by atoms with Gasteiger partial charge in [0.05, 0.1) is 12.1 Å². The van der Waals surface area contributed by atoms with E-state index >= 15 is 0 Å². The van der Waals surface area contributed by atoms with Crippen LogP contribution in [-0.4, -0.2) is 5.11 Å². The van der Waals surface area contributed by atoms with Gasteiger partial charge in [-0.05, 0) is 27.5 Å². The van der Waals surface area contributed by atoms with Gasteiger partial charge in [-0.3, -0.25) is 0 Å². The first-order valence-electron chi connectivity index (χ1n) is 7.16. The Kier molecular flexibility index (Phi) is 4.69. The fraction of sp³-hybridized carbons (Fsp3) is 0.556. The molecule has 0 aromatic heterocycles. The molecule has 0 atom stereocenters. The van der Waals surface area contributed by atoms with Crippen LogP contribution < -0.4 is 0 Å². The van der Waals surface area contributed by atoms with Gasteiger partial charge in [0.2, 0.25) is 0 Å². The van der Waals surface area contributed by atoms with E-state index in [1.807, 2.05) is 65.8 Å². The molecule has 1 aromatic carbocycles. The van der Waals surface area contributed by atoms with Gasteiger partial charge in [-0.15, -0.1) is 0 Å². The molecule has 1 rings (SSSR count). The Bertz CT molecular complexity index is 555. The number of nitriles is 2. The van der Waals surface area contributed by atoms with Crippen LogP contribution in [0.1, 0.15) is 58.2 Å². The predicted molar refractivity (Wildman–Crippen MR) is 83.9 cm³/mol. The minimum Gasteiger partial charge on any atom is -0.507 e. The van der Waals surface area contributed by atoms with E-state index in [0.717, 1.165) is 16.7 Å². The van der Waals surface area contributed by atoms with Crippen LogP contribution in [0.2, 0.25) is 0 Å². The molecule has 0 fully saturated rings. The van der Waals surface area contributed by atoms with Crippen molar-refractivity contribution in [3.05, 3.63) is 28.8 Å². The van der Waals surface area contributed by atoms with E-state index in [1.165, 1.54) is 0 Å². The van der Waals surface area contributed by atoms with Crippen LogP contribution in [0, 0.1) is 28.6 Å². The molecule has 0 heterocycles. The molecule has 0 unspecified atom stereocenters. The maximum absolute atomic E-state index is 10.6. The van der Waals surface area contributed by atoms with Gasteiger partial charge >= 0.3 is 0 Å². The maximum Gasteiger partial charge on any atom is 0.137 e. The van der Waals surface area contributed by atoms with E-state index in [4.69, 9.17) is 10.5 Å².